The van der Waals surface area contributed by atoms with Crippen molar-refractivity contribution in [3.8, 4) is 0 Å². The first-order chi connectivity index (χ1) is 7.93. The zero-order valence-corrected chi connectivity index (χ0v) is 9.82. The van der Waals surface area contributed by atoms with Gasteiger partial charge in [-0.15, -0.1) is 0 Å². The summed E-state index contributed by atoms with van der Waals surface area (Å²) in [4.78, 5) is 22.5. The van der Waals surface area contributed by atoms with Crippen LogP contribution in [0.2, 0.25) is 0 Å². The lowest BCUT2D eigenvalue weighted by Crippen LogP contribution is -2.55. The standard InChI is InChI=1S/C13H18O4/c14-10(15)6-12-2-8-1-9(3-12)5-13(4-8,7-12)11(16)17/h8-9H,1-7H2,(H,14,15)(H,16,17)/t8-,9+,12?,13?. The molecular formula is C13H18O4. The van der Waals surface area contributed by atoms with Gasteiger partial charge in [-0.2, -0.15) is 0 Å². The molecule has 0 spiro atoms. The molecule has 2 unspecified atom stereocenters. The normalized spacial score (nSPS) is 47.1. The fourth-order valence-corrected chi connectivity index (χ4v) is 5.23. The summed E-state index contributed by atoms with van der Waals surface area (Å²) in [6, 6.07) is 0. The summed E-state index contributed by atoms with van der Waals surface area (Å²) in [5.41, 5.74) is -0.812. The van der Waals surface area contributed by atoms with E-state index in [0.29, 0.717) is 18.3 Å². The highest BCUT2D eigenvalue weighted by Crippen LogP contribution is 2.66. The smallest absolute Gasteiger partial charge is 0.309 e. The van der Waals surface area contributed by atoms with Crippen molar-refractivity contribution in [1.29, 1.82) is 0 Å². The molecule has 2 N–H and O–H groups in total. The van der Waals surface area contributed by atoms with E-state index in [1.807, 2.05) is 0 Å². The molecule has 0 amide bonds. The van der Waals surface area contributed by atoms with E-state index in [4.69, 9.17) is 5.11 Å². The molecule has 0 heterocycles. The Balaban J connectivity index is 1.94. The Bertz CT molecular complexity index is 373. The summed E-state index contributed by atoms with van der Waals surface area (Å²) in [6.07, 6.45) is 5.30. The summed E-state index contributed by atoms with van der Waals surface area (Å²) in [7, 11) is 0. The van der Waals surface area contributed by atoms with Crippen LogP contribution in [0.25, 0.3) is 0 Å². The number of hydrogen-bond donors (Lipinski definition) is 2. The predicted octanol–water partition coefficient (Wildman–Crippen LogP) is 2.13. The number of aliphatic carboxylic acids is 2. The zero-order valence-electron chi connectivity index (χ0n) is 9.82. The number of rotatable bonds is 3. The van der Waals surface area contributed by atoms with Crippen LogP contribution in [-0.4, -0.2) is 22.2 Å². The first-order valence-corrected chi connectivity index (χ1v) is 6.38. The van der Waals surface area contributed by atoms with Crippen molar-refractivity contribution < 1.29 is 19.8 Å². The monoisotopic (exact) mass is 238 g/mol. The SMILES string of the molecule is O=C(O)CC12C[C@H]3C[C@@H](C1)CC(C(=O)O)(C3)C2. The van der Waals surface area contributed by atoms with Gasteiger partial charge in [0.15, 0.2) is 0 Å². The Morgan fingerprint density at radius 2 is 1.65 bits per heavy atom. The molecule has 4 saturated carbocycles. The molecule has 0 aromatic heterocycles. The zero-order chi connectivity index (χ0) is 12.3. The average Bonchev–Trinajstić information content (AvgIpc) is 2.12. The molecule has 0 radical (unpaired) electrons. The quantitative estimate of drug-likeness (QED) is 0.789. The average molecular weight is 238 g/mol. The molecule has 0 aliphatic heterocycles. The van der Waals surface area contributed by atoms with Gasteiger partial charge in [0, 0.05) is 0 Å². The molecule has 4 aliphatic rings. The van der Waals surface area contributed by atoms with E-state index in [9.17, 15) is 14.7 Å². The molecular weight excluding hydrogens is 220 g/mol. The van der Waals surface area contributed by atoms with Crippen LogP contribution in [0.15, 0.2) is 0 Å². The van der Waals surface area contributed by atoms with Crippen molar-refractivity contribution in [1.82, 2.24) is 0 Å². The van der Waals surface area contributed by atoms with Crippen molar-refractivity contribution in [3.05, 3.63) is 0 Å². The van der Waals surface area contributed by atoms with Crippen LogP contribution >= 0.6 is 0 Å². The molecule has 94 valence electrons. The van der Waals surface area contributed by atoms with E-state index in [1.54, 1.807) is 0 Å². The lowest BCUT2D eigenvalue weighted by atomic mass is 9.43. The highest BCUT2D eigenvalue weighted by molar-refractivity contribution is 5.76. The minimum Gasteiger partial charge on any atom is -0.481 e. The Labute approximate surface area is 100 Å². The van der Waals surface area contributed by atoms with E-state index >= 15 is 0 Å². The van der Waals surface area contributed by atoms with Crippen molar-refractivity contribution in [2.45, 2.75) is 44.9 Å². The molecule has 0 aromatic carbocycles. The van der Waals surface area contributed by atoms with Crippen molar-refractivity contribution in [2.24, 2.45) is 22.7 Å². The highest BCUT2D eigenvalue weighted by Gasteiger charge is 2.61. The topological polar surface area (TPSA) is 74.6 Å². The summed E-state index contributed by atoms with van der Waals surface area (Å²) in [5, 5.41) is 18.5. The largest absolute Gasteiger partial charge is 0.481 e. The highest BCUT2D eigenvalue weighted by atomic mass is 16.4. The third-order valence-corrected chi connectivity index (χ3v) is 5.16. The van der Waals surface area contributed by atoms with Gasteiger partial charge < -0.3 is 10.2 Å². The Morgan fingerprint density at radius 1 is 1.06 bits per heavy atom. The van der Waals surface area contributed by atoms with Gasteiger partial charge in [0.2, 0.25) is 0 Å². The van der Waals surface area contributed by atoms with Crippen LogP contribution in [0, 0.1) is 22.7 Å². The second kappa shape index (κ2) is 3.24. The molecule has 4 rings (SSSR count). The summed E-state index contributed by atoms with van der Waals surface area (Å²) < 4.78 is 0. The molecule has 4 nitrogen and oxygen atoms in total. The maximum atomic E-state index is 11.5. The number of carbonyl (C=O) groups is 2. The van der Waals surface area contributed by atoms with Crippen molar-refractivity contribution >= 4 is 11.9 Å². The molecule has 4 fully saturated rings. The van der Waals surface area contributed by atoms with E-state index in [-0.39, 0.29) is 11.8 Å². The van der Waals surface area contributed by atoms with Gasteiger partial charge in [-0.3, -0.25) is 9.59 Å². The van der Waals surface area contributed by atoms with Gasteiger partial charge in [0.25, 0.3) is 0 Å². The minimum absolute atomic E-state index is 0.162. The van der Waals surface area contributed by atoms with Crippen LogP contribution in [0.5, 0.6) is 0 Å². The Morgan fingerprint density at radius 3 is 2.12 bits per heavy atom. The fraction of sp³-hybridized carbons (Fsp3) is 0.846. The van der Waals surface area contributed by atoms with E-state index < -0.39 is 17.4 Å². The molecule has 4 bridgehead atoms. The Hall–Kier alpha value is -1.06. The fourth-order valence-electron chi connectivity index (χ4n) is 5.23. The molecule has 4 aliphatic carbocycles. The lowest BCUT2D eigenvalue weighted by Gasteiger charge is -2.60. The summed E-state index contributed by atoms with van der Waals surface area (Å²) in [6.45, 7) is 0. The molecule has 0 saturated heterocycles. The molecule has 4 heteroatoms. The second-order valence-corrected chi connectivity index (χ2v) is 6.62. The van der Waals surface area contributed by atoms with E-state index in [2.05, 4.69) is 0 Å². The van der Waals surface area contributed by atoms with Crippen LogP contribution in [-0.2, 0) is 9.59 Å². The van der Waals surface area contributed by atoms with Crippen LogP contribution in [0.1, 0.15) is 44.9 Å². The van der Waals surface area contributed by atoms with Gasteiger partial charge in [0.05, 0.1) is 11.8 Å². The molecule has 0 aromatic rings. The first kappa shape index (κ1) is 11.1. The molecule has 4 atom stereocenters. The van der Waals surface area contributed by atoms with E-state index in [0.717, 1.165) is 32.1 Å². The van der Waals surface area contributed by atoms with Gasteiger partial charge in [0.1, 0.15) is 0 Å². The van der Waals surface area contributed by atoms with Gasteiger partial charge >= 0.3 is 11.9 Å². The predicted molar refractivity (Wildman–Crippen MR) is 59.4 cm³/mol. The lowest BCUT2D eigenvalue weighted by molar-refractivity contribution is -0.178. The summed E-state index contributed by atoms with van der Waals surface area (Å²) in [5.74, 6) is -0.563. The van der Waals surface area contributed by atoms with Crippen LogP contribution in [0.4, 0.5) is 0 Å². The first-order valence-electron chi connectivity index (χ1n) is 6.38. The number of carboxylic acids is 2. The number of carboxylic acid groups (broad SMARTS) is 2. The van der Waals surface area contributed by atoms with Crippen LogP contribution < -0.4 is 0 Å². The van der Waals surface area contributed by atoms with E-state index in [1.165, 1.54) is 0 Å². The maximum Gasteiger partial charge on any atom is 0.309 e. The number of hydrogen-bond acceptors (Lipinski definition) is 2. The van der Waals surface area contributed by atoms with Crippen molar-refractivity contribution in [2.75, 3.05) is 0 Å². The van der Waals surface area contributed by atoms with Gasteiger partial charge in [-0.25, -0.2) is 0 Å². The maximum absolute atomic E-state index is 11.5. The third kappa shape index (κ3) is 1.57. The van der Waals surface area contributed by atoms with Gasteiger partial charge in [-0.05, 0) is 55.8 Å². The van der Waals surface area contributed by atoms with Crippen LogP contribution in [0.3, 0.4) is 0 Å². The minimum atomic E-state index is -0.771. The van der Waals surface area contributed by atoms with Gasteiger partial charge in [-0.1, -0.05) is 0 Å². The summed E-state index contributed by atoms with van der Waals surface area (Å²) >= 11 is 0. The van der Waals surface area contributed by atoms with Crippen molar-refractivity contribution in [3.63, 3.8) is 0 Å². The molecule has 17 heavy (non-hydrogen) atoms. The second-order valence-electron chi connectivity index (χ2n) is 6.62. The third-order valence-electron chi connectivity index (χ3n) is 5.16. The Kier molecular flexibility index (Phi) is 2.11.